The first kappa shape index (κ1) is 16.1. The Morgan fingerprint density at radius 2 is 2.12 bits per heavy atom. The number of epoxide rings is 1. The molecule has 6 atom stereocenters. The lowest BCUT2D eigenvalue weighted by Crippen LogP contribution is -2.68. The molecule has 7 nitrogen and oxygen atoms in total. The highest BCUT2D eigenvalue weighted by Crippen LogP contribution is 2.71. The molecule has 1 saturated carbocycles. The third kappa shape index (κ3) is 1.54. The standard InChI is InChI=1S/C17H22O7/c1-8-4-11-16(6-18,13(21)12(8)20)15(3)5-10(23-9(2)19)14(24-11)17(15)7-22-17/h10-11,14,18,20H,4-7H2,1-3H3/t10-,11-,14-,15-,16-,17+/m1/s1. The number of aliphatic hydroxyl groups is 2. The van der Waals surface area contributed by atoms with Crippen molar-refractivity contribution in [2.75, 3.05) is 13.2 Å². The van der Waals surface area contributed by atoms with Crippen molar-refractivity contribution in [1.82, 2.24) is 0 Å². The van der Waals surface area contributed by atoms with Gasteiger partial charge in [-0.1, -0.05) is 6.92 Å². The highest BCUT2D eigenvalue weighted by molar-refractivity contribution is 6.01. The number of rotatable bonds is 2. The molecular weight excluding hydrogens is 316 g/mol. The fraction of sp³-hybridized carbons (Fsp3) is 0.765. The molecular formula is C17H22O7. The number of hydrogen-bond donors (Lipinski definition) is 2. The summed E-state index contributed by atoms with van der Waals surface area (Å²) in [6, 6.07) is 0. The zero-order valence-electron chi connectivity index (χ0n) is 14.0. The average molecular weight is 338 g/mol. The Hall–Kier alpha value is -1.44. The van der Waals surface area contributed by atoms with Crippen molar-refractivity contribution in [3.63, 3.8) is 0 Å². The zero-order chi connectivity index (χ0) is 17.5. The highest BCUT2D eigenvalue weighted by atomic mass is 16.7. The van der Waals surface area contributed by atoms with Crippen molar-refractivity contribution in [3.8, 4) is 0 Å². The van der Waals surface area contributed by atoms with E-state index in [0.29, 0.717) is 25.0 Å². The van der Waals surface area contributed by atoms with Crippen LogP contribution < -0.4 is 0 Å². The van der Waals surface area contributed by atoms with Gasteiger partial charge in [0.15, 0.2) is 5.76 Å². The number of ether oxygens (including phenoxy) is 3. The summed E-state index contributed by atoms with van der Waals surface area (Å²) in [5.41, 5.74) is -2.28. The van der Waals surface area contributed by atoms with Crippen LogP contribution in [0.4, 0.5) is 0 Å². The first-order valence-electron chi connectivity index (χ1n) is 8.24. The van der Waals surface area contributed by atoms with E-state index in [1.54, 1.807) is 6.92 Å². The van der Waals surface area contributed by atoms with Crippen LogP contribution in [0.2, 0.25) is 0 Å². The van der Waals surface area contributed by atoms with E-state index >= 15 is 0 Å². The van der Waals surface area contributed by atoms with E-state index in [9.17, 15) is 19.8 Å². The van der Waals surface area contributed by atoms with Crippen molar-refractivity contribution >= 4 is 11.8 Å². The second kappa shape index (κ2) is 4.59. The fourth-order valence-electron chi connectivity index (χ4n) is 5.33. The Balaban J connectivity index is 1.86. The Bertz CT molecular complexity index is 664. The summed E-state index contributed by atoms with van der Waals surface area (Å²) in [6.07, 6.45) is -0.855. The number of Topliss-reactive ketones (excluding diaryl/α,β-unsaturated/α-hetero) is 1. The van der Waals surface area contributed by atoms with Crippen LogP contribution in [-0.4, -0.2) is 59.1 Å². The van der Waals surface area contributed by atoms with E-state index in [4.69, 9.17) is 14.2 Å². The molecule has 2 N–H and O–H groups in total. The summed E-state index contributed by atoms with van der Waals surface area (Å²) >= 11 is 0. The molecule has 0 aromatic rings. The van der Waals surface area contributed by atoms with Crippen molar-refractivity contribution in [2.45, 2.75) is 57.5 Å². The second-order valence-corrected chi connectivity index (χ2v) is 7.70. The molecule has 1 spiro atoms. The van der Waals surface area contributed by atoms with Crippen molar-refractivity contribution in [1.29, 1.82) is 0 Å². The number of esters is 1. The van der Waals surface area contributed by atoms with Crippen LogP contribution in [0.15, 0.2) is 11.3 Å². The smallest absolute Gasteiger partial charge is 0.302 e. The number of aliphatic hydroxyl groups excluding tert-OH is 2. The predicted octanol–water partition coefficient (Wildman–Crippen LogP) is 0.648. The molecule has 2 heterocycles. The maximum absolute atomic E-state index is 13.0. The van der Waals surface area contributed by atoms with E-state index in [0.717, 1.165) is 0 Å². The molecule has 2 saturated heterocycles. The summed E-state index contributed by atoms with van der Waals surface area (Å²) in [4.78, 5) is 24.5. The molecule has 0 radical (unpaired) electrons. The quantitative estimate of drug-likeness (QED) is 0.562. The van der Waals surface area contributed by atoms with Crippen LogP contribution in [0.3, 0.4) is 0 Å². The van der Waals surface area contributed by atoms with Gasteiger partial charge in [0.25, 0.3) is 0 Å². The molecule has 132 valence electrons. The van der Waals surface area contributed by atoms with Crippen LogP contribution in [0.1, 0.15) is 33.6 Å². The van der Waals surface area contributed by atoms with Gasteiger partial charge < -0.3 is 24.4 Å². The van der Waals surface area contributed by atoms with Gasteiger partial charge in [-0.2, -0.15) is 0 Å². The minimum atomic E-state index is -1.29. The summed E-state index contributed by atoms with van der Waals surface area (Å²) in [5.74, 6) is -1.21. The van der Waals surface area contributed by atoms with Gasteiger partial charge in [0.1, 0.15) is 17.8 Å². The third-order valence-corrected chi connectivity index (χ3v) is 6.72. The Morgan fingerprint density at radius 3 is 2.67 bits per heavy atom. The molecule has 2 bridgehead atoms. The van der Waals surface area contributed by atoms with Crippen LogP contribution in [-0.2, 0) is 23.8 Å². The Morgan fingerprint density at radius 1 is 1.46 bits per heavy atom. The highest BCUT2D eigenvalue weighted by Gasteiger charge is 2.84. The van der Waals surface area contributed by atoms with Gasteiger partial charge in [0.2, 0.25) is 5.78 Å². The third-order valence-electron chi connectivity index (χ3n) is 6.72. The Labute approximate surface area is 139 Å². The van der Waals surface area contributed by atoms with E-state index in [-0.39, 0.29) is 5.76 Å². The van der Waals surface area contributed by atoms with Gasteiger partial charge in [-0.05, 0) is 25.3 Å². The number of carbonyl (C=O) groups is 2. The van der Waals surface area contributed by atoms with Gasteiger partial charge in [-0.25, -0.2) is 0 Å². The van der Waals surface area contributed by atoms with E-state index in [1.165, 1.54) is 6.92 Å². The molecule has 2 aliphatic heterocycles. The Kier molecular flexibility index (Phi) is 3.07. The van der Waals surface area contributed by atoms with Crippen LogP contribution in [0, 0.1) is 10.8 Å². The summed E-state index contributed by atoms with van der Waals surface area (Å²) in [6.45, 7) is 4.84. The summed E-state index contributed by atoms with van der Waals surface area (Å²) < 4.78 is 17.4. The lowest BCUT2D eigenvalue weighted by Gasteiger charge is -2.56. The first-order chi connectivity index (χ1) is 11.2. The van der Waals surface area contributed by atoms with Crippen LogP contribution in [0.5, 0.6) is 0 Å². The number of allylic oxidation sites excluding steroid dienone is 1. The topological polar surface area (TPSA) is 106 Å². The van der Waals surface area contributed by atoms with Crippen molar-refractivity contribution < 1.29 is 34.0 Å². The molecule has 2 aliphatic carbocycles. The molecule has 24 heavy (non-hydrogen) atoms. The van der Waals surface area contributed by atoms with Crippen molar-refractivity contribution in [2.24, 2.45) is 10.8 Å². The van der Waals surface area contributed by atoms with E-state index in [2.05, 4.69) is 0 Å². The van der Waals surface area contributed by atoms with Crippen LogP contribution >= 0.6 is 0 Å². The number of carbonyl (C=O) groups excluding carboxylic acids is 2. The second-order valence-electron chi connectivity index (χ2n) is 7.70. The lowest BCUT2D eigenvalue weighted by molar-refractivity contribution is -0.226. The minimum Gasteiger partial charge on any atom is -0.504 e. The fourth-order valence-corrected chi connectivity index (χ4v) is 5.33. The number of ketones is 1. The lowest BCUT2D eigenvalue weighted by atomic mass is 9.51. The first-order valence-corrected chi connectivity index (χ1v) is 8.24. The zero-order valence-corrected chi connectivity index (χ0v) is 14.0. The summed E-state index contributed by atoms with van der Waals surface area (Å²) in [7, 11) is 0. The molecule has 0 aromatic carbocycles. The van der Waals surface area contributed by atoms with E-state index in [1.807, 2.05) is 6.92 Å². The van der Waals surface area contributed by atoms with Gasteiger partial charge in [0.05, 0.1) is 24.7 Å². The maximum Gasteiger partial charge on any atom is 0.302 e. The monoisotopic (exact) mass is 338 g/mol. The van der Waals surface area contributed by atoms with Crippen LogP contribution in [0.25, 0.3) is 0 Å². The summed E-state index contributed by atoms with van der Waals surface area (Å²) in [5, 5.41) is 20.5. The van der Waals surface area contributed by atoms with Gasteiger partial charge >= 0.3 is 5.97 Å². The number of fused-ring (bicyclic) bond motifs is 2. The van der Waals surface area contributed by atoms with E-state index < -0.39 is 53.1 Å². The molecule has 0 aromatic heterocycles. The van der Waals surface area contributed by atoms with Gasteiger partial charge in [-0.15, -0.1) is 0 Å². The number of hydrogen-bond acceptors (Lipinski definition) is 7. The molecule has 7 heteroatoms. The molecule has 0 unspecified atom stereocenters. The molecule has 4 aliphatic rings. The molecule has 3 fully saturated rings. The normalized spacial score (nSPS) is 49.3. The largest absolute Gasteiger partial charge is 0.504 e. The SMILES string of the molecule is CC(=O)O[C@@H]1C[C@@]2(C)[C@]3(CO3)[C@@H]1O[C@@H]1CC(C)=C(O)C(=O)[C@@]12CO. The van der Waals surface area contributed by atoms with Gasteiger partial charge in [0, 0.05) is 12.3 Å². The predicted molar refractivity (Wildman–Crippen MR) is 80.1 cm³/mol. The van der Waals surface area contributed by atoms with Gasteiger partial charge in [-0.3, -0.25) is 9.59 Å². The van der Waals surface area contributed by atoms with Crippen molar-refractivity contribution in [3.05, 3.63) is 11.3 Å². The molecule has 4 rings (SSSR count). The maximum atomic E-state index is 13.0. The molecule has 0 amide bonds. The minimum absolute atomic E-state index is 0.296. The average Bonchev–Trinajstić information content (AvgIpc) is 3.27.